The molecule has 0 N–H and O–H groups in total. The number of benzene rings is 1. The fourth-order valence-corrected chi connectivity index (χ4v) is 3.19. The van der Waals surface area contributed by atoms with E-state index >= 15 is 0 Å². The Kier molecular flexibility index (Phi) is 5.54. The zero-order chi connectivity index (χ0) is 15.4. The summed E-state index contributed by atoms with van der Waals surface area (Å²) >= 11 is 0. The summed E-state index contributed by atoms with van der Waals surface area (Å²) in [6, 6.07) is 4.31. The molecule has 1 aromatic rings. The van der Waals surface area contributed by atoms with Gasteiger partial charge in [-0.3, -0.25) is 9.69 Å². The Morgan fingerprint density at radius 1 is 1.29 bits per heavy atom. The maximum absolute atomic E-state index is 12.6. The van der Waals surface area contributed by atoms with Gasteiger partial charge in [-0.1, -0.05) is 24.6 Å². The van der Waals surface area contributed by atoms with Crippen LogP contribution in [0.1, 0.15) is 35.6 Å². The van der Waals surface area contributed by atoms with Gasteiger partial charge in [0.1, 0.15) is 6.10 Å². The minimum absolute atomic E-state index is 0.214. The van der Waals surface area contributed by atoms with Crippen LogP contribution in [0.25, 0.3) is 0 Å². The first-order chi connectivity index (χ1) is 10.0. The molecule has 0 saturated carbocycles. The molecule has 1 aliphatic rings. The number of nitrogens with zero attached hydrogens (tertiary/aromatic N) is 1. The Labute approximate surface area is 128 Å². The summed E-state index contributed by atoms with van der Waals surface area (Å²) in [5.74, 6) is 0.214. The van der Waals surface area contributed by atoms with Gasteiger partial charge in [0.2, 0.25) is 0 Å². The van der Waals surface area contributed by atoms with E-state index in [-0.39, 0.29) is 11.9 Å². The van der Waals surface area contributed by atoms with Crippen LogP contribution in [0.3, 0.4) is 0 Å². The van der Waals surface area contributed by atoms with Crippen molar-refractivity contribution in [2.24, 2.45) is 0 Å². The summed E-state index contributed by atoms with van der Waals surface area (Å²) in [4.78, 5) is 14.9. The average molecular weight is 289 g/mol. The van der Waals surface area contributed by atoms with Gasteiger partial charge in [-0.15, -0.1) is 0 Å². The van der Waals surface area contributed by atoms with Crippen LogP contribution in [0.2, 0.25) is 0 Å². The second kappa shape index (κ2) is 7.19. The lowest BCUT2D eigenvalue weighted by atomic mass is 9.94. The topological polar surface area (TPSA) is 29.5 Å². The van der Waals surface area contributed by atoms with Crippen LogP contribution in [0.4, 0.5) is 0 Å². The minimum atomic E-state index is -0.259. The lowest BCUT2D eigenvalue weighted by Crippen LogP contribution is -2.46. The lowest BCUT2D eigenvalue weighted by Gasteiger charge is -2.32. The summed E-state index contributed by atoms with van der Waals surface area (Å²) < 4.78 is 5.70. The molecule has 1 unspecified atom stereocenters. The first-order valence-corrected chi connectivity index (χ1v) is 7.94. The van der Waals surface area contributed by atoms with Crippen molar-refractivity contribution in [3.8, 4) is 0 Å². The molecule has 0 radical (unpaired) electrons. The average Bonchev–Trinajstić information content (AvgIpc) is 2.43. The number of carbonyl (C=O) groups excluding carboxylic acids is 1. The van der Waals surface area contributed by atoms with Gasteiger partial charge in [-0.2, -0.15) is 0 Å². The number of Topliss-reactive ketones (excluding diaryl/α,β-unsaturated/α-hetero) is 1. The number of ketones is 1. The monoisotopic (exact) mass is 289 g/mol. The van der Waals surface area contributed by atoms with E-state index in [9.17, 15) is 4.79 Å². The van der Waals surface area contributed by atoms with E-state index in [4.69, 9.17) is 4.74 Å². The van der Waals surface area contributed by atoms with E-state index in [0.717, 1.165) is 26.1 Å². The van der Waals surface area contributed by atoms with Crippen LogP contribution in [0.15, 0.2) is 12.1 Å². The van der Waals surface area contributed by atoms with Crippen molar-refractivity contribution >= 4 is 5.78 Å². The second-order valence-corrected chi connectivity index (χ2v) is 6.18. The predicted molar refractivity (Wildman–Crippen MR) is 85.8 cm³/mol. The molecule has 0 bridgehead atoms. The molecule has 1 fully saturated rings. The van der Waals surface area contributed by atoms with Gasteiger partial charge in [0.25, 0.3) is 0 Å². The Bertz CT molecular complexity index is 485. The highest BCUT2D eigenvalue weighted by Gasteiger charge is 2.26. The number of ether oxygens (including phenoxy) is 1. The largest absolute Gasteiger partial charge is 0.368 e. The Hall–Kier alpha value is -1.19. The molecular weight excluding hydrogens is 262 g/mol. The molecule has 1 saturated heterocycles. The fraction of sp³-hybridized carbons (Fsp3) is 0.611. The summed E-state index contributed by atoms with van der Waals surface area (Å²) in [6.45, 7) is 11.9. The van der Waals surface area contributed by atoms with Crippen molar-refractivity contribution in [1.82, 2.24) is 4.90 Å². The van der Waals surface area contributed by atoms with Gasteiger partial charge in [-0.25, -0.2) is 0 Å². The molecule has 0 spiro atoms. The van der Waals surface area contributed by atoms with Crippen molar-refractivity contribution in [3.63, 3.8) is 0 Å². The third-order valence-electron chi connectivity index (χ3n) is 4.24. The first kappa shape index (κ1) is 16.2. The van der Waals surface area contributed by atoms with Crippen LogP contribution in [-0.2, 0) is 16.0 Å². The molecule has 3 nitrogen and oxygen atoms in total. The van der Waals surface area contributed by atoms with Gasteiger partial charge < -0.3 is 4.74 Å². The molecule has 1 atom stereocenters. The maximum atomic E-state index is 12.6. The molecule has 1 aliphatic heterocycles. The summed E-state index contributed by atoms with van der Waals surface area (Å²) in [7, 11) is 0. The lowest BCUT2D eigenvalue weighted by molar-refractivity contribution is -0.135. The first-order valence-electron chi connectivity index (χ1n) is 7.94. The summed E-state index contributed by atoms with van der Waals surface area (Å²) in [6.07, 6.45) is 1.35. The Balaban J connectivity index is 2.04. The molecule has 116 valence electrons. The number of morpholine rings is 1. The van der Waals surface area contributed by atoms with Crippen molar-refractivity contribution in [2.75, 3.05) is 26.2 Å². The van der Waals surface area contributed by atoms with E-state index in [1.165, 1.54) is 22.3 Å². The molecule has 21 heavy (non-hydrogen) atoms. The molecule has 3 heteroatoms. The highest BCUT2D eigenvalue weighted by atomic mass is 16.5. The molecule has 0 aromatic heterocycles. The molecule has 2 rings (SSSR count). The van der Waals surface area contributed by atoms with Gasteiger partial charge in [-0.05, 0) is 50.4 Å². The quantitative estimate of drug-likeness (QED) is 0.835. The van der Waals surface area contributed by atoms with Crippen LogP contribution >= 0.6 is 0 Å². The SMILES string of the molecule is CCCN1CCOC(C(=O)Cc2c(C)cc(C)cc2C)C1. The normalized spacial score (nSPS) is 19.7. The zero-order valence-electron chi connectivity index (χ0n) is 13.7. The van der Waals surface area contributed by atoms with Crippen molar-refractivity contribution in [1.29, 1.82) is 0 Å². The molecule has 1 aromatic carbocycles. The van der Waals surface area contributed by atoms with Crippen LogP contribution in [0, 0.1) is 20.8 Å². The Morgan fingerprint density at radius 2 is 1.95 bits per heavy atom. The second-order valence-electron chi connectivity index (χ2n) is 6.18. The fourth-order valence-electron chi connectivity index (χ4n) is 3.19. The molecular formula is C18H27NO2. The van der Waals surface area contributed by atoms with E-state index in [1.807, 2.05) is 0 Å². The van der Waals surface area contributed by atoms with Crippen molar-refractivity contribution in [3.05, 3.63) is 34.4 Å². The van der Waals surface area contributed by atoms with Crippen LogP contribution < -0.4 is 0 Å². The van der Waals surface area contributed by atoms with Crippen molar-refractivity contribution in [2.45, 2.75) is 46.6 Å². The predicted octanol–water partition coefficient (Wildman–Crippen LogP) is 2.83. The number of rotatable bonds is 5. The van der Waals surface area contributed by atoms with Crippen LogP contribution in [0.5, 0.6) is 0 Å². The van der Waals surface area contributed by atoms with Gasteiger partial charge in [0, 0.05) is 19.5 Å². The summed E-state index contributed by atoms with van der Waals surface area (Å²) in [5, 5.41) is 0. The molecule has 0 amide bonds. The van der Waals surface area contributed by atoms with Gasteiger partial charge in [0.05, 0.1) is 6.61 Å². The van der Waals surface area contributed by atoms with E-state index < -0.39 is 0 Å². The minimum Gasteiger partial charge on any atom is -0.368 e. The van der Waals surface area contributed by atoms with Gasteiger partial charge in [0.15, 0.2) is 5.78 Å². The van der Waals surface area contributed by atoms with E-state index in [1.54, 1.807) is 0 Å². The van der Waals surface area contributed by atoms with E-state index in [0.29, 0.717) is 13.0 Å². The Morgan fingerprint density at radius 3 is 2.57 bits per heavy atom. The number of carbonyl (C=O) groups is 1. The smallest absolute Gasteiger partial charge is 0.167 e. The molecule has 1 heterocycles. The highest BCUT2D eigenvalue weighted by molar-refractivity contribution is 5.86. The van der Waals surface area contributed by atoms with Crippen molar-refractivity contribution < 1.29 is 9.53 Å². The summed E-state index contributed by atoms with van der Waals surface area (Å²) in [5.41, 5.74) is 4.84. The maximum Gasteiger partial charge on any atom is 0.167 e. The third kappa shape index (κ3) is 4.14. The molecule has 0 aliphatic carbocycles. The zero-order valence-corrected chi connectivity index (χ0v) is 13.7. The third-order valence-corrected chi connectivity index (χ3v) is 4.24. The van der Waals surface area contributed by atoms with Crippen LogP contribution in [-0.4, -0.2) is 43.0 Å². The number of hydrogen-bond donors (Lipinski definition) is 0. The van der Waals surface area contributed by atoms with Gasteiger partial charge >= 0.3 is 0 Å². The van der Waals surface area contributed by atoms with E-state index in [2.05, 4.69) is 44.7 Å². The standard InChI is InChI=1S/C18H27NO2/c1-5-6-19-7-8-21-18(12-19)17(20)11-16-14(3)9-13(2)10-15(16)4/h9-10,18H,5-8,11-12H2,1-4H3. The number of hydrogen-bond acceptors (Lipinski definition) is 3. The highest BCUT2D eigenvalue weighted by Crippen LogP contribution is 2.19. The number of aryl methyl sites for hydroxylation is 3.